The Labute approximate surface area is 131 Å². The molecule has 0 aliphatic rings. The van der Waals surface area contributed by atoms with Crippen LogP contribution in [-0.2, 0) is 43.3 Å². The first-order valence-corrected chi connectivity index (χ1v) is 0. The zero-order valence-corrected chi connectivity index (χ0v) is 8.62. The average molecular weight is 408 g/mol. The maximum atomic E-state index is 0. The monoisotopic (exact) mass is 407 g/mol. The molecule has 0 aromatic heterocycles. The Kier molecular flexibility index (Phi) is 166. The molecule has 0 saturated carbocycles. The number of hydrogen-bond donors (Lipinski definition) is 0. The van der Waals surface area contributed by atoms with Crippen molar-refractivity contribution in [3.63, 3.8) is 0 Å². The molecule has 0 N–H and O–H groups in total. The summed E-state index contributed by atoms with van der Waals surface area (Å²) in [7, 11) is 0. The number of hydrogen-bond acceptors (Lipinski definition) is 0. The van der Waals surface area contributed by atoms with E-state index in [2.05, 4.69) is 0 Å². The van der Waals surface area contributed by atoms with E-state index < -0.39 is 0 Å². The summed E-state index contributed by atoms with van der Waals surface area (Å²) >= 11 is 0. The van der Waals surface area contributed by atoms with Crippen LogP contribution in [0, 0.1) is 35.6 Å². The fraction of sp³-hybridized carbons (Fsp3) is 0. The second-order valence-corrected chi connectivity index (χ2v) is 0. The van der Waals surface area contributed by atoms with E-state index in [1.54, 1.807) is 0 Å². The van der Waals surface area contributed by atoms with Gasteiger partial charge in [-0.3, -0.25) is 0 Å². The van der Waals surface area contributed by atoms with E-state index in [0.717, 1.165) is 0 Å². The molecular weight excluding hydrogens is 402 g/mol. The third-order valence-electron chi connectivity index (χ3n) is 0. The molecule has 0 atom stereocenters. The second-order valence-electron chi connectivity index (χ2n) is 0. The van der Waals surface area contributed by atoms with Crippen LogP contribution in [0.25, 0.3) is 0 Å². The van der Waals surface area contributed by atoms with Gasteiger partial charge >= 0.3 is 45.5 Å². The van der Waals surface area contributed by atoms with Gasteiger partial charge in [0.25, 0.3) is 0 Å². The molecule has 0 rings (SSSR count). The Morgan fingerprint density at radius 1 is 1.00 bits per heavy atom. The van der Waals surface area contributed by atoms with Crippen LogP contribution >= 0.6 is 0 Å². The van der Waals surface area contributed by atoms with Gasteiger partial charge in [-0.2, -0.15) is 0 Å². The first kappa shape index (κ1) is 34.7. The predicted molar refractivity (Wildman–Crippen MR) is 19.9 cm³/mol. The maximum Gasteiger partial charge on any atom is 0 e. The molecule has 27 valence electrons. The summed E-state index contributed by atoms with van der Waals surface area (Å²) in [4.78, 5) is 0. The Bertz CT molecular complexity index is 11.6. The van der Waals surface area contributed by atoms with E-state index in [-0.39, 0.29) is 135 Å². The predicted octanol–water partition coefficient (Wildman–Crippen LogP) is -2.37. The van der Waals surface area contributed by atoms with E-state index in [4.69, 9.17) is 0 Å². The number of rotatable bonds is 0. The zero-order valence-electron chi connectivity index (χ0n) is 1.43. The molecule has 0 spiro atoms. The van der Waals surface area contributed by atoms with Crippen molar-refractivity contribution in [2.75, 3.05) is 0 Å². The molecule has 0 unspecified atom stereocenters. The normalized spacial score (nSPS) is 0. The summed E-state index contributed by atoms with van der Waals surface area (Å²) in [6.45, 7) is 0. The van der Waals surface area contributed by atoms with E-state index in [1.165, 1.54) is 0 Å². The van der Waals surface area contributed by atoms with E-state index >= 15 is 0 Å². The van der Waals surface area contributed by atoms with Crippen LogP contribution in [0.2, 0.25) is 0 Å². The van der Waals surface area contributed by atoms with Crippen LogP contribution in [-0.4, -0.2) is 56.4 Å². The molecule has 0 heterocycles. The summed E-state index contributed by atoms with van der Waals surface area (Å²) in [5.41, 5.74) is 0. The minimum absolute atomic E-state index is 0. The Morgan fingerprint density at radius 3 is 1.00 bits per heavy atom. The second kappa shape index (κ2) is 23.9. The van der Waals surface area contributed by atoms with Gasteiger partial charge in [-0.05, 0) is 11.0 Å². The SMILES string of the molecule is [Fe].[La].[SiH4].[SrH2].[Zr]. The van der Waals surface area contributed by atoms with Crippen LogP contribution in [0.1, 0.15) is 0 Å². The largest absolute Gasteiger partial charge is 0 e. The van der Waals surface area contributed by atoms with Gasteiger partial charge < -0.3 is 0 Å². The summed E-state index contributed by atoms with van der Waals surface area (Å²) in [5.74, 6) is 0. The van der Waals surface area contributed by atoms with Gasteiger partial charge in [0, 0.05) is 78.9 Å². The van der Waals surface area contributed by atoms with Gasteiger partial charge in [0.1, 0.15) is 0 Å². The third kappa shape index (κ3) is 17.8. The minimum atomic E-state index is 0. The van der Waals surface area contributed by atoms with Crippen LogP contribution < -0.4 is 0 Å². The molecule has 0 nitrogen and oxygen atoms in total. The Morgan fingerprint density at radius 2 is 1.00 bits per heavy atom. The van der Waals surface area contributed by atoms with Gasteiger partial charge in [-0.15, -0.1) is 0 Å². The molecule has 5 heteroatoms. The van der Waals surface area contributed by atoms with E-state index in [1.807, 2.05) is 0 Å². The third-order valence-corrected chi connectivity index (χ3v) is 0. The molecular formula is H6FeLaSiSrZr. The van der Waals surface area contributed by atoms with Crippen molar-refractivity contribution in [3.05, 3.63) is 0 Å². The molecule has 0 aromatic carbocycles. The van der Waals surface area contributed by atoms with Crippen molar-refractivity contribution in [2.24, 2.45) is 0 Å². The van der Waals surface area contributed by atoms with Gasteiger partial charge in [0.05, 0.1) is 0 Å². The summed E-state index contributed by atoms with van der Waals surface area (Å²) in [6.07, 6.45) is 0. The fourth-order valence-corrected chi connectivity index (χ4v) is 0. The molecule has 0 aliphatic carbocycles. The first-order valence-electron chi connectivity index (χ1n) is 0. The zero-order chi connectivity index (χ0) is 0. The topological polar surface area (TPSA) is 0 Å². The Hall–Kier alpha value is 4.29. The van der Waals surface area contributed by atoms with Gasteiger partial charge in [-0.25, -0.2) is 0 Å². The summed E-state index contributed by atoms with van der Waals surface area (Å²) in [6, 6.07) is 0. The standard InChI is InChI=1S/Fe.La.H4Si.Sr.Zr.2H/h;;1H4;;;;. The van der Waals surface area contributed by atoms with Crippen LogP contribution in [0.5, 0.6) is 0 Å². The van der Waals surface area contributed by atoms with E-state index in [0.29, 0.717) is 0 Å². The molecule has 0 aromatic rings. The van der Waals surface area contributed by atoms with Gasteiger partial charge in [-0.1, -0.05) is 0 Å². The van der Waals surface area contributed by atoms with Gasteiger partial charge in [0.2, 0.25) is 0 Å². The maximum absolute atomic E-state index is 0. The molecule has 0 amide bonds. The molecule has 0 aliphatic heterocycles. The average Bonchev–Trinajstić information content (AvgIpc) is 0. The molecule has 5 heavy (non-hydrogen) atoms. The van der Waals surface area contributed by atoms with Crippen molar-refractivity contribution >= 4 is 56.4 Å². The van der Waals surface area contributed by atoms with Crippen LogP contribution in [0.15, 0.2) is 0 Å². The van der Waals surface area contributed by atoms with Crippen molar-refractivity contribution in [1.82, 2.24) is 0 Å². The van der Waals surface area contributed by atoms with Crippen LogP contribution in [0.3, 0.4) is 0 Å². The minimum Gasteiger partial charge on any atom is 0 e. The molecule has 0 bridgehead atoms. The molecule has 1 radical (unpaired) electrons. The first-order chi connectivity index (χ1) is 0. The van der Waals surface area contributed by atoms with Gasteiger partial charge in [0.15, 0.2) is 0 Å². The summed E-state index contributed by atoms with van der Waals surface area (Å²) in [5, 5.41) is 0. The van der Waals surface area contributed by atoms with Crippen molar-refractivity contribution in [1.29, 1.82) is 0 Å². The van der Waals surface area contributed by atoms with Crippen molar-refractivity contribution in [2.45, 2.75) is 0 Å². The Balaban J connectivity index is 0. The quantitative estimate of drug-likeness (QED) is 0.394. The van der Waals surface area contributed by atoms with Crippen molar-refractivity contribution < 1.29 is 78.9 Å². The van der Waals surface area contributed by atoms with Crippen molar-refractivity contribution in [3.8, 4) is 0 Å². The molecule has 0 fully saturated rings. The van der Waals surface area contributed by atoms with E-state index in [9.17, 15) is 0 Å². The smallest absolute Gasteiger partial charge is 0 e. The molecule has 0 saturated heterocycles. The fourth-order valence-electron chi connectivity index (χ4n) is 0. The summed E-state index contributed by atoms with van der Waals surface area (Å²) < 4.78 is 0. The van der Waals surface area contributed by atoms with Crippen LogP contribution in [0.4, 0.5) is 0 Å².